The van der Waals surface area contributed by atoms with Gasteiger partial charge >= 0.3 is 5.97 Å². The molecule has 0 aromatic heterocycles. The standard InChI is InChI=1S/C24H42N4O4/c1-2-32-23(30)15-21(20-5-3-11-26-16-20)27-22(29)17-28-14-4-6-19(24(28)31)8-7-18-9-12-25-13-10-18/h18-21,25-26H,2-17H2,1H3,(H,27,29)/t19?,20-,21?/m1/s1. The first kappa shape index (κ1) is 25.0. The molecule has 3 fully saturated rings. The van der Waals surface area contributed by atoms with Gasteiger partial charge in [-0.3, -0.25) is 14.4 Å². The van der Waals surface area contributed by atoms with E-state index in [2.05, 4.69) is 16.0 Å². The monoisotopic (exact) mass is 450 g/mol. The van der Waals surface area contributed by atoms with Crippen molar-refractivity contribution in [1.29, 1.82) is 0 Å². The molecule has 3 saturated heterocycles. The van der Waals surface area contributed by atoms with Crippen LogP contribution in [0.3, 0.4) is 0 Å². The third-order valence-corrected chi connectivity index (χ3v) is 7.30. The van der Waals surface area contributed by atoms with Crippen LogP contribution in [0.5, 0.6) is 0 Å². The molecule has 3 atom stereocenters. The van der Waals surface area contributed by atoms with E-state index in [1.54, 1.807) is 11.8 Å². The van der Waals surface area contributed by atoms with Crippen molar-refractivity contribution in [2.45, 2.75) is 70.8 Å². The van der Waals surface area contributed by atoms with Crippen molar-refractivity contribution in [2.75, 3.05) is 45.9 Å². The summed E-state index contributed by atoms with van der Waals surface area (Å²) in [5, 5.41) is 9.81. The normalized spacial score (nSPS) is 25.9. The second kappa shape index (κ2) is 13.1. The van der Waals surface area contributed by atoms with Crippen LogP contribution < -0.4 is 16.0 Å². The molecule has 3 aliphatic heterocycles. The number of nitrogens with zero attached hydrogens (tertiary/aromatic N) is 1. The molecule has 0 aromatic carbocycles. The van der Waals surface area contributed by atoms with E-state index in [0.29, 0.717) is 13.2 Å². The van der Waals surface area contributed by atoms with E-state index in [9.17, 15) is 14.4 Å². The number of carbonyl (C=O) groups excluding carboxylic acids is 3. The van der Waals surface area contributed by atoms with Crippen LogP contribution >= 0.6 is 0 Å². The number of piperidine rings is 3. The highest BCUT2D eigenvalue weighted by molar-refractivity contribution is 5.86. The van der Waals surface area contributed by atoms with Crippen LogP contribution in [-0.2, 0) is 19.1 Å². The Balaban J connectivity index is 1.50. The molecule has 2 amide bonds. The van der Waals surface area contributed by atoms with Gasteiger partial charge in [0.25, 0.3) is 0 Å². The maximum Gasteiger partial charge on any atom is 0.307 e. The largest absolute Gasteiger partial charge is 0.466 e. The quantitative estimate of drug-likeness (QED) is 0.436. The van der Waals surface area contributed by atoms with Crippen molar-refractivity contribution in [3.8, 4) is 0 Å². The number of rotatable bonds is 10. The summed E-state index contributed by atoms with van der Waals surface area (Å²) in [6.07, 6.45) is 8.50. The van der Waals surface area contributed by atoms with Crippen molar-refractivity contribution in [1.82, 2.24) is 20.9 Å². The average molecular weight is 451 g/mol. The first-order chi connectivity index (χ1) is 15.6. The molecule has 0 saturated carbocycles. The summed E-state index contributed by atoms with van der Waals surface area (Å²) >= 11 is 0. The Bertz CT molecular complexity index is 617. The Labute approximate surface area is 192 Å². The summed E-state index contributed by atoms with van der Waals surface area (Å²) in [7, 11) is 0. The summed E-state index contributed by atoms with van der Waals surface area (Å²) in [4.78, 5) is 39.7. The van der Waals surface area contributed by atoms with Gasteiger partial charge in [0.15, 0.2) is 0 Å². The van der Waals surface area contributed by atoms with E-state index in [1.807, 2.05) is 0 Å². The zero-order valence-electron chi connectivity index (χ0n) is 19.7. The SMILES string of the molecule is CCOC(=O)CC(NC(=O)CN1CCCC(CCC2CCNCC2)C1=O)[C@@H]1CCCNC1. The highest BCUT2D eigenvalue weighted by atomic mass is 16.5. The molecule has 0 radical (unpaired) electrons. The molecule has 0 spiro atoms. The Morgan fingerprint density at radius 2 is 1.91 bits per heavy atom. The Kier molecular flexibility index (Phi) is 10.2. The average Bonchev–Trinajstić information content (AvgIpc) is 2.80. The number of esters is 1. The molecule has 3 rings (SSSR count). The molecule has 0 bridgehead atoms. The summed E-state index contributed by atoms with van der Waals surface area (Å²) < 4.78 is 5.12. The van der Waals surface area contributed by atoms with Crippen molar-refractivity contribution >= 4 is 17.8 Å². The number of nitrogens with one attached hydrogen (secondary N) is 3. The van der Waals surface area contributed by atoms with Gasteiger partial charge < -0.3 is 25.6 Å². The van der Waals surface area contributed by atoms with Crippen LogP contribution in [-0.4, -0.2) is 74.6 Å². The zero-order valence-corrected chi connectivity index (χ0v) is 19.7. The van der Waals surface area contributed by atoms with Crippen LogP contribution in [0, 0.1) is 17.8 Å². The van der Waals surface area contributed by atoms with Gasteiger partial charge in [-0.05, 0) is 96.3 Å². The Hall–Kier alpha value is -1.67. The molecule has 3 aliphatic rings. The van der Waals surface area contributed by atoms with Crippen molar-refractivity contribution in [3.63, 3.8) is 0 Å². The maximum absolute atomic E-state index is 13.0. The summed E-state index contributed by atoms with van der Waals surface area (Å²) in [6.45, 7) is 6.77. The Morgan fingerprint density at radius 1 is 1.09 bits per heavy atom. The predicted octanol–water partition coefficient (Wildman–Crippen LogP) is 1.44. The highest BCUT2D eigenvalue weighted by Crippen LogP contribution is 2.27. The molecule has 8 heteroatoms. The molecular weight excluding hydrogens is 408 g/mol. The van der Waals surface area contributed by atoms with Gasteiger partial charge in [-0.25, -0.2) is 0 Å². The molecule has 32 heavy (non-hydrogen) atoms. The molecule has 3 heterocycles. The molecule has 0 aromatic rings. The van der Waals surface area contributed by atoms with Crippen molar-refractivity contribution < 1.29 is 19.1 Å². The van der Waals surface area contributed by atoms with Crippen LogP contribution in [0.25, 0.3) is 0 Å². The van der Waals surface area contributed by atoms with E-state index in [4.69, 9.17) is 4.74 Å². The van der Waals surface area contributed by atoms with E-state index >= 15 is 0 Å². The summed E-state index contributed by atoms with van der Waals surface area (Å²) in [6, 6.07) is -0.259. The maximum atomic E-state index is 13.0. The fourth-order valence-electron chi connectivity index (χ4n) is 5.44. The second-order valence-electron chi connectivity index (χ2n) is 9.66. The van der Waals surface area contributed by atoms with E-state index in [0.717, 1.165) is 70.6 Å². The lowest BCUT2D eigenvalue weighted by Crippen LogP contribution is -2.52. The molecule has 0 aliphatic carbocycles. The van der Waals surface area contributed by atoms with Gasteiger partial charge in [0, 0.05) is 18.5 Å². The van der Waals surface area contributed by atoms with Gasteiger partial charge in [0.1, 0.15) is 0 Å². The number of hydrogen-bond donors (Lipinski definition) is 3. The number of likely N-dealkylation sites (tertiary alicyclic amines) is 1. The lowest BCUT2D eigenvalue weighted by Gasteiger charge is -2.34. The van der Waals surface area contributed by atoms with Gasteiger partial charge in [-0.15, -0.1) is 0 Å². The van der Waals surface area contributed by atoms with Crippen LogP contribution in [0.15, 0.2) is 0 Å². The fourth-order valence-corrected chi connectivity index (χ4v) is 5.44. The van der Waals surface area contributed by atoms with Crippen molar-refractivity contribution in [3.05, 3.63) is 0 Å². The number of hydrogen-bond acceptors (Lipinski definition) is 6. The minimum Gasteiger partial charge on any atom is -0.466 e. The molecular formula is C24H42N4O4. The Morgan fingerprint density at radius 3 is 2.62 bits per heavy atom. The van der Waals surface area contributed by atoms with E-state index in [-0.39, 0.29) is 48.6 Å². The first-order valence-electron chi connectivity index (χ1n) is 12.7. The lowest BCUT2D eigenvalue weighted by molar-refractivity contribution is -0.145. The zero-order chi connectivity index (χ0) is 22.8. The van der Waals surface area contributed by atoms with Gasteiger partial charge in [-0.2, -0.15) is 0 Å². The highest BCUT2D eigenvalue weighted by Gasteiger charge is 2.32. The third kappa shape index (κ3) is 7.73. The summed E-state index contributed by atoms with van der Waals surface area (Å²) in [5.41, 5.74) is 0. The van der Waals surface area contributed by atoms with Crippen molar-refractivity contribution in [2.24, 2.45) is 17.8 Å². The number of ether oxygens (including phenoxy) is 1. The van der Waals surface area contributed by atoms with Gasteiger partial charge in [0.2, 0.25) is 11.8 Å². The third-order valence-electron chi connectivity index (χ3n) is 7.30. The molecule has 3 N–H and O–H groups in total. The van der Waals surface area contributed by atoms with Crippen LogP contribution in [0.1, 0.15) is 64.7 Å². The van der Waals surface area contributed by atoms with Crippen LogP contribution in [0.2, 0.25) is 0 Å². The number of carbonyl (C=O) groups is 3. The van der Waals surface area contributed by atoms with Gasteiger partial charge in [-0.1, -0.05) is 0 Å². The van der Waals surface area contributed by atoms with Gasteiger partial charge in [0.05, 0.1) is 19.6 Å². The number of amides is 2. The van der Waals surface area contributed by atoms with Crippen LogP contribution in [0.4, 0.5) is 0 Å². The summed E-state index contributed by atoms with van der Waals surface area (Å²) in [5.74, 6) is 0.640. The molecule has 2 unspecified atom stereocenters. The minimum atomic E-state index is -0.282. The van der Waals surface area contributed by atoms with E-state index in [1.165, 1.54) is 12.8 Å². The fraction of sp³-hybridized carbons (Fsp3) is 0.875. The minimum absolute atomic E-state index is 0.0457. The molecule has 182 valence electrons. The second-order valence-corrected chi connectivity index (χ2v) is 9.66. The topological polar surface area (TPSA) is 99.8 Å². The predicted molar refractivity (Wildman–Crippen MR) is 123 cm³/mol. The molecule has 8 nitrogen and oxygen atoms in total. The van der Waals surface area contributed by atoms with E-state index < -0.39 is 0 Å². The first-order valence-corrected chi connectivity index (χ1v) is 12.7. The lowest BCUT2D eigenvalue weighted by atomic mass is 9.86. The smallest absolute Gasteiger partial charge is 0.307 e.